The Hall–Kier alpha value is -4.42. The molecule has 15 nitrogen and oxygen atoms in total. The van der Waals surface area contributed by atoms with Gasteiger partial charge >= 0.3 is 0 Å². The van der Waals surface area contributed by atoms with Gasteiger partial charge in [0.15, 0.2) is 0 Å². The smallest absolute Gasteiger partial charge is 0.267 e. The van der Waals surface area contributed by atoms with Gasteiger partial charge in [0, 0.05) is 23.5 Å². The molecule has 0 aliphatic rings. The zero-order valence-electron chi connectivity index (χ0n) is 20.9. The Kier molecular flexibility index (Phi) is 13.5. The lowest BCUT2D eigenvalue weighted by atomic mass is 10.1. The Balaban J connectivity index is 0. The molecule has 16 heteroatoms. The largest absolute Gasteiger partial charge is 0.412 e. The highest BCUT2D eigenvalue weighted by molar-refractivity contribution is 7.89. The van der Waals surface area contributed by atoms with E-state index < -0.39 is 15.9 Å². The Bertz CT molecular complexity index is 1550. The molecule has 0 radical (unpaired) electrons. The van der Waals surface area contributed by atoms with Crippen molar-refractivity contribution in [2.75, 3.05) is 12.4 Å². The quantitative estimate of drug-likeness (QED) is 0.161. The Morgan fingerprint density at radius 3 is 2.05 bits per heavy atom. The average molecular weight is 550 g/mol. The molecule has 38 heavy (non-hydrogen) atoms. The van der Waals surface area contributed by atoms with E-state index in [1.165, 1.54) is 12.1 Å². The molecule has 2 aromatic heterocycles. The summed E-state index contributed by atoms with van der Waals surface area (Å²) < 4.78 is 23.4. The molecular weight excluding hydrogens is 514 g/mol. The number of aromatic amines is 1. The highest BCUT2D eigenvalue weighted by Gasteiger charge is 2.17. The molecule has 0 aliphatic carbocycles. The first-order valence-corrected chi connectivity index (χ1v) is 11.3. The molecule has 5 rings (SSSR count). The number of nitrogens with one attached hydrogen (secondary N) is 2. The lowest BCUT2D eigenvalue weighted by Gasteiger charge is -2.04. The van der Waals surface area contributed by atoms with E-state index in [-0.39, 0.29) is 35.0 Å². The normalized spacial score (nSPS) is 9.74. The first-order valence-electron chi connectivity index (χ1n) is 9.80. The molecule has 1 amide bonds. The molecule has 3 aromatic carbocycles. The first kappa shape index (κ1) is 35.7. The van der Waals surface area contributed by atoms with Crippen LogP contribution in [0.15, 0.2) is 77.8 Å². The number of benzene rings is 3. The highest BCUT2D eigenvalue weighted by atomic mass is 32.2. The summed E-state index contributed by atoms with van der Waals surface area (Å²) >= 11 is 0. The van der Waals surface area contributed by atoms with Crippen LogP contribution in [0.1, 0.15) is 10.5 Å². The van der Waals surface area contributed by atoms with Crippen LogP contribution in [0.25, 0.3) is 27.5 Å². The molecule has 0 unspecified atom stereocenters. The number of carbonyl (C=O) groups excluding carboxylic acids is 1. The third-order valence-electron chi connectivity index (χ3n) is 5.00. The lowest BCUT2D eigenvalue weighted by Crippen LogP contribution is -2.12. The molecule has 0 spiro atoms. The van der Waals surface area contributed by atoms with Crippen LogP contribution < -0.4 is 40.8 Å². The molecule has 208 valence electrons. The number of para-hydroxylation sites is 1. The summed E-state index contributed by atoms with van der Waals surface area (Å²) in [5.41, 5.74) is 9.23. The number of aromatic nitrogens is 4. The number of carbonyl (C=O) groups is 1. The molecule has 0 fully saturated rings. The second-order valence-electron chi connectivity index (χ2n) is 7.08. The molecule has 0 saturated carbocycles. The van der Waals surface area contributed by atoms with Crippen molar-refractivity contribution in [3.05, 3.63) is 78.6 Å². The molecule has 0 aliphatic heterocycles. The van der Waals surface area contributed by atoms with Gasteiger partial charge in [0.2, 0.25) is 10.0 Å². The zero-order valence-corrected chi connectivity index (χ0v) is 21.7. The maximum Gasteiger partial charge on any atom is 0.267 e. The van der Waals surface area contributed by atoms with Gasteiger partial charge in [0.1, 0.15) is 5.69 Å². The molecule has 0 saturated heterocycles. The van der Waals surface area contributed by atoms with E-state index in [1.54, 1.807) is 25.4 Å². The minimum atomic E-state index is -3.56. The van der Waals surface area contributed by atoms with Crippen molar-refractivity contribution in [1.29, 1.82) is 0 Å². The molecule has 2 heterocycles. The van der Waals surface area contributed by atoms with E-state index in [0.717, 1.165) is 33.2 Å². The number of sulfonamides is 1. The summed E-state index contributed by atoms with van der Waals surface area (Å²) in [7, 11) is -1.80. The van der Waals surface area contributed by atoms with Crippen LogP contribution in [0.2, 0.25) is 0 Å². The van der Waals surface area contributed by atoms with Crippen molar-refractivity contribution in [3.63, 3.8) is 0 Å². The van der Waals surface area contributed by atoms with Crippen molar-refractivity contribution in [2.45, 2.75) is 4.90 Å². The number of nitrogens with two attached hydrogens (primary N) is 2. The van der Waals surface area contributed by atoms with E-state index in [0.29, 0.717) is 5.69 Å². The fourth-order valence-electron chi connectivity index (χ4n) is 3.40. The maximum absolute atomic E-state index is 11.7. The van der Waals surface area contributed by atoms with Gasteiger partial charge in [-0.25, -0.2) is 13.6 Å². The van der Waals surface area contributed by atoms with Crippen LogP contribution in [-0.2, 0) is 10.0 Å². The third kappa shape index (κ3) is 7.08. The van der Waals surface area contributed by atoms with Gasteiger partial charge < -0.3 is 41.1 Å². The minimum absolute atomic E-state index is 0. The maximum atomic E-state index is 11.7. The summed E-state index contributed by atoms with van der Waals surface area (Å²) in [6.45, 7) is 0. The van der Waals surface area contributed by atoms with E-state index >= 15 is 0 Å². The number of hydrogen-bond acceptors (Lipinski definition) is 10. The van der Waals surface area contributed by atoms with Crippen molar-refractivity contribution in [1.82, 2.24) is 44.6 Å². The van der Waals surface area contributed by atoms with Crippen LogP contribution in [-0.4, -0.2) is 46.8 Å². The van der Waals surface area contributed by atoms with Crippen LogP contribution in [0.4, 0.5) is 5.69 Å². The number of H-pyrrole nitrogens is 1. The SMILES string of the molecule is CNc1ccc(S(N)(=O)=O)cc1.N.N.N.N.NC(=O)c1[nH]n(-c2ccccc2)c2c1ccc1nncc12.O. The summed E-state index contributed by atoms with van der Waals surface area (Å²) in [4.78, 5) is 11.8. The number of anilines is 1. The van der Waals surface area contributed by atoms with Crippen molar-refractivity contribution in [2.24, 2.45) is 10.9 Å². The monoisotopic (exact) mass is 549 g/mol. The van der Waals surface area contributed by atoms with Crippen LogP contribution >= 0.6 is 0 Å². The first-order chi connectivity index (χ1) is 15.8. The van der Waals surface area contributed by atoms with Crippen LogP contribution in [0.5, 0.6) is 0 Å². The highest BCUT2D eigenvalue weighted by Crippen LogP contribution is 2.28. The van der Waals surface area contributed by atoms with Crippen molar-refractivity contribution < 1.29 is 18.7 Å². The topological polar surface area (TPSA) is 333 Å². The molecule has 20 N–H and O–H groups in total. The van der Waals surface area contributed by atoms with E-state index in [4.69, 9.17) is 10.9 Å². The summed E-state index contributed by atoms with van der Waals surface area (Å²) in [5.74, 6) is -0.499. The van der Waals surface area contributed by atoms with Crippen LogP contribution in [0, 0.1) is 0 Å². The fraction of sp³-hybridized carbons (Fsp3) is 0.0455. The van der Waals surface area contributed by atoms with E-state index in [1.807, 2.05) is 47.1 Å². The summed E-state index contributed by atoms with van der Waals surface area (Å²) in [5, 5.41) is 20.5. The van der Waals surface area contributed by atoms with Crippen molar-refractivity contribution in [3.8, 4) is 5.69 Å². The molecular formula is C22H35N11O4S. The Morgan fingerprint density at radius 1 is 0.921 bits per heavy atom. The molecule has 0 atom stereocenters. The second kappa shape index (κ2) is 14.4. The van der Waals surface area contributed by atoms with Gasteiger partial charge in [-0.05, 0) is 48.5 Å². The minimum Gasteiger partial charge on any atom is -0.412 e. The standard InChI is InChI=1S/C15H11N5O.C7H10N2O2S.4H3N.H2O/c16-15(21)13-10-6-7-12-11(8-17-18-12)14(10)20(19-13)9-4-2-1-3-5-9;1-9-6-2-4-7(5-3-6)12(8,10)11;;;;;/h1-8,19H,(H2,16,21);2-5,9H,1H3,(H2,8,10,11);4*1H3;1H2. The predicted molar refractivity (Wildman–Crippen MR) is 150 cm³/mol. The third-order valence-corrected chi connectivity index (χ3v) is 5.92. The van der Waals surface area contributed by atoms with E-state index in [9.17, 15) is 13.2 Å². The fourth-order valence-corrected chi connectivity index (χ4v) is 3.92. The second-order valence-corrected chi connectivity index (χ2v) is 8.64. The van der Waals surface area contributed by atoms with E-state index in [2.05, 4.69) is 20.6 Å². The van der Waals surface area contributed by atoms with Gasteiger partial charge in [-0.2, -0.15) is 10.2 Å². The lowest BCUT2D eigenvalue weighted by molar-refractivity contribution is 0.0996. The van der Waals surface area contributed by atoms with Gasteiger partial charge in [-0.1, -0.05) is 18.2 Å². The van der Waals surface area contributed by atoms with Crippen LogP contribution in [0.3, 0.4) is 0 Å². The van der Waals surface area contributed by atoms with Gasteiger partial charge in [0.05, 0.1) is 27.8 Å². The van der Waals surface area contributed by atoms with Gasteiger partial charge in [-0.3, -0.25) is 14.6 Å². The number of fused-ring (bicyclic) bond motifs is 3. The number of rotatable bonds is 4. The summed E-state index contributed by atoms with van der Waals surface area (Å²) in [6, 6.07) is 19.6. The number of hydrogen-bond donors (Lipinski definition) is 8. The Labute approximate surface area is 219 Å². The van der Waals surface area contributed by atoms with Gasteiger partial charge in [-0.15, -0.1) is 0 Å². The number of nitrogens with zero attached hydrogens (tertiary/aromatic N) is 3. The molecule has 0 bridgehead atoms. The zero-order chi connectivity index (χ0) is 23.6. The van der Waals surface area contributed by atoms with Gasteiger partial charge in [0.25, 0.3) is 5.91 Å². The Morgan fingerprint density at radius 2 is 1.53 bits per heavy atom. The number of primary amides is 1. The average Bonchev–Trinajstić information content (AvgIpc) is 3.44. The number of primary sulfonamides is 1. The molecule has 5 aromatic rings. The predicted octanol–water partition coefficient (Wildman–Crippen LogP) is 2.20. The summed E-state index contributed by atoms with van der Waals surface area (Å²) in [6.07, 6.45) is 1.69. The van der Waals surface area contributed by atoms with Crippen molar-refractivity contribution >= 4 is 43.4 Å². The number of amides is 1.